The molecule has 0 atom stereocenters. The second-order valence-corrected chi connectivity index (χ2v) is 9.11. The first-order valence-electron chi connectivity index (χ1n) is 10.5. The Bertz CT molecular complexity index is 1020. The van der Waals surface area contributed by atoms with Gasteiger partial charge in [0.15, 0.2) is 5.13 Å². The van der Waals surface area contributed by atoms with Gasteiger partial charge in [0, 0.05) is 43.2 Å². The fourth-order valence-corrected chi connectivity index (χ4v) is 5.14. The summed E-state index contributed by atoms with van der Waals surface area (Å²) < 4.78 is 16.3. The second kappa shape index (κ2) is 10.9. The van der Waals surface area contributed by atoms with Gasteiger partial charge in [0.2, 0.25) is 0 Å². The van der Waals surface area contributed by atoms with Crippen LogP contribution in [0, 0.1) is 0 Å². The molecule has 0 radical (unpaired) electrons. The van der Waals surface area contributed by atoms with E-state index in [1.54, 1.807) is 19.1 Å². The predicted molar refractivity (Wildman–Crippen MR) is 129 cm³/mol. The number of thiophene rings is 1. The molecule has 0 aliphatic carbocycles. The van der Waals surface area contributed by atoms with E-state index in [-0.39, 0.29) is 5.91 Å². The Morgan fingerprint density at radius 1 is 1.19 bits per heavy atom. The van der Waals surface area contributed by atoms with Crippen LogP contribution in [0.25, 0.3) is 11.3 Å². The summed E-state index contributed by atoms with van der Waals surface area (Å²) in [7, 11) is 3.25. The lowest BCUT2D eigenvalue weighted by Crippen LogP contribution is -2.39. The number of benzene rings is 1. The van der Waals surface area contributed by atoms with Crippen molar-refractivity contribution >= 4 is 33.7 Å². The van der Waals surface area contributed by atoms with Crippen molar-refractivity contribution in [2.45, 2.75) is 6.42 Å². The maximum Gasteiger partial charge on any atom is 0.270 e. The molecule has 1 amide bonds. The van der Waals surface area contributed by atoms with E-state index in [0.29, 0.717) is 17.4 Å². The zero-order chi connectivity index (χ0) is 22.3. The lowest BCUT2D eigenvalue weighted by Gasteiger charge is -2.27. The highest BCUT2D eigenvalue weighted by molar-refractivity contribution is 7.14. The molecule has 0 unspecified atom stereocenters. The number of hydrogen-bond donors (Lipinski definition) is 0. The quantitative estimate of drug-likeness (QED) is 0.463. The van der Waals surface area contributed by atoms with E-state index in [9.17, 15) is 4.79 Å². The van der Waals surface area contributed by atoms with E-state index >= 15 is 0 Å². The molecular weight excluding hydrogens is 446 g/mol. The van der Waals surface area contributed by atoms with E-state index < -0.39 is 0 Å². The lowest BCUT2D eigenvalue weighted by atomic mass is 10.1. The molecule has 0 N–H and O–H groups in total. The van der Waals surface area contributed by atoms with Gasteiger partial charge in [-0.15, -0.1) is 22.7 Å². The summed E-state index contributed by atoms with van der Waals surface area (Å²) >= 11 is 2.93. The number of morpholine rings is 1. The van der Waals surface area contributed by atoms with Gasteiger partial charge in [0.25, 0.3) is 5.91 Å². The molecule has 2 aromatic heterocycles. The smallest absolute Gasteiger partial charge is 0.270 e. The summed E-state index contributed by atoms with van der Waals surface area (Å²) in [4.78, 5) is 23.0. The first-order valence-corrected chi connectivity index (χ1v) is 12.3. The number of rotatable bonds is 9. The highest BCUT2D eigenvalue weighted by Gasteiger charge is 2.23. The number of hydrogen-bond acceptors (Lipinski definition) is 8. The van der Waals surface area contributed by atoms with E-state index in [0.717, 1.165) is 61.2 Å². The molecule has 1 aromatic carbocycles. The van der Waals surface area contributed by atoms with Gasteiger partial charge in [-0.05, 0) is 30.0 Å². The van der Waals surface area contributed by atoms with Gasteiger partial charge in [-0.3, -0.25) is 14.6 Å². The zero-order valence-electron chi connectivity index (χ0n) is 18.3. The molecule has 170 valence electrons. The van der Waals surface area contributed by atoms with Crippen molar-refractivity contribution in [1.29, 1.82) is 0 Å². The van der Waals surface area contributed by atoms with Gasteiger partial charge in [0.1, 0.15) is 11.5 Å². The van der Waals surface area contributed by atoms with Crippen molar-refractivity contribution in [2.24, 2.45) is 0 Å². The lowest BCUT2D eigenvalue weighted by molar-refractivity contribution is 0.0376. The number of nitrogens with zero attached hydrogens (tertiary/aromatic N) is 3. The molecule has 1 aliphatic rings. The molecule has 0 spiro atoms. The normalized spacial score (nSPS) is 14.3. The Morgan fingerprint density at radius 3 is 2.75 bits per heavy atom. The van der Waals surface area contributed by atoms with Gasteiger partial charge in [-0.25, -0.2) is 4.98 Å². The van der Waals surface area contributed by atoms with Crippen molar-refractivity contribution in [3.05, 3.63) is 46.0 Å². The minimum atomic E-state index is -0.00965. The first-order chi connectivity index (χ1) is 15.7. The van der Waals surface area contributed by atoms with Crippen LogP contribution in [0.1, 0.15) is 16.1 Å². The third kappa shape index (κ3) is 5.29. The van der Waals surface area contributed by atoms with Crippen LogP contribution in [0.15, 0.2) is 41.1 Å². The van der Waals surface area contributed by atoms with Gasteiger partial charge in [-0.2, -0.15) is 0 Å². The number of thiazole rings is 1. The van der Waals surface area contributed by atoms with Crippen LogP contribution in [-0.4, -0.2) is 69.4 Å². The monoisotopic (exact) mass is 473 g/mol. The summed E-state index contributed by atoms with van der Waals surface area (Å²) in [6.07, 6.45) is 0.873. The molecule has 1 fully saturated rings. The standard InChI is InChI=1S/C23H27N3O4S2/c1-28-17-6-7-18(20(15-17)29-2)19-16-32-23(24-19)26(22(27)21-5-3-14-31-21)9-4-8-25-10-12-30-13-11-25/h3,5-7,14-16H,4,8-13H2,1-2H3. The maximum atomic E-state index is 13.3. The van der Waals surface area contributed by atoms with Crippen molar-refractivity contribution in [2.75, 3.05) is 58.5 Å². The molecule has 1 saturated heterocycles. The molecule has 0 bridgehead atoms. The van der Waals surface area contributed by atoms with Gasteiger partial charge in [0.05, 0.1) is 38.0 Å². The Hall–Kier alpha value is -2.46. The van der Waals surface area contributed by atoms with Gasteiger partial charge >= 0.3 is 0 Å². The zero-order valence-corrected chi connectivity index (χ0v) is 19.9. The Morgan fingerprint density at radius 2 is 2.03 bits per heavy atom. The van der Waals surface area contributed by atoms with Crippen molar-refractivity contribution in [3.63, 3.8) is 0 Å². The molecule has 4 rings (SSSR count). The average Bonchev–Trinajstić information content (AvgIpc) is 3.54. The molecule has 9 heteroatoms. The molecule has 7 nitrogen and oxygen atoms in total. The Labute approximate surface area is 196 Å². The molecule has 32 heavy (non-hydrogen) atoms. The summed E-state index contributed by atoms with van der Waals surface area (Å²) in [5, 5.41) is 4.59. The van der Waals surface area contributed by atoms with Crippen LogP contribution >= 0.6 is 22.7 Å². The molecule has 0 saturated carbocycles. The minimum absolute atomic E-state index is 0.00965. The maximum absolute atomic E-state index is 13.3. The number of amides is 1. The SMILES string of the molecule is COc1ccc(-c2csc(N(CCCN3CCOCC3)C(=O)c3cccs3)n2)c(OC)c1. The van der Waals surface area contributed by atoms with Crippen LogP contribution in [-0.2, 0) is 4.74 Å². The summed E-state index contributed by atoms with van der Waals surface area (Å²) in [5.41, 5.74) is 1.65. The minimum Gasteiger partial charge on any atom is -0.497 e. The van der Waals surface area contributed by atoms with Crippen molar-refractivity contribution in [3.8, 4) is 22.8 Å². The topological polar surface area (TPSA) is 64.1 Å². The highest BCUT2D eigenvalue weighted by Crippen LogP contribution is 2.36. The number of anilines is 1. The van der Waals surface area contributed by atoms with Gasteiger partial charge < -0.3 is 14.2 Å². The van der Waals surface area contributed by atoms with Crippen molar-refractivity contribution < 1.29 is 19.0 Å². The van der Waals surface area contributed by atoms with Crippen LogP contribution in [0.4, 0.5) is 5.13 Å². The summed E-state index contributed by atoms with van der Waals surface area (Å²) in [6.45, 7) is 4.98. The first kappa shape index (κ1) is 22.7. The summed E-state index contributed by atoms with van der Waals surface area (Å²) in [5.74, 6) is 1.40. The number of aromatic nitrogens is 1. The van der Waals surface area contributed by atoms with Crippen LogP contribution in [0.5, 0.6) is 11.5 Å². The predicted octanol–water partition coefficient (Wildman–Crippen LogP) is 4.26. The highest BCUT2D eigenvalue weighted by atomic mass is 32.1. The number of carbonyl (C=O) groups excluding carboxylic acids is 1. The third-order valence-corrected chi connectivity index (χ3v) is 7.07. The largest absolute Gasteiger partial charge is 0.497 e. The van der Waals surface area contributed by atoms with Crippen LogP contribution in [0.3, 0.4) is 0 Å². The molecule has 3 aromatic rings. The van der Waals surface area contributed by atoms with Crippen LogP contribution < -0.4 is 14.4 Å². The van der Waals surface area contributed by atoms with E-state index in [2.05, 4.69) is 4.90 Å². The summed E-state index contributed by atoms with van der Waals surface area (Å²) in [6, 6.07) is 9.42. The van der Waals surface area contributed by atoms with Gasteiger partial charge in [-0.1, -0.05) is 6.07 Å². The average molecular weight is 474 g/mol. The molecule has 3 heterocycles. The molecular formula is C23H27N3O4S2. The van der Waals surface area contributed by atoms with Crippen LogP contribution in [0.2, 0.25) is 0 Å². The van der Waals surface area contributed by atoms with E-state index in [1.165, 1.54) is 22.7 Å². The second-order valence-electron chi connectivity index (χ2n) is 7.32. The Kier molecular flexibility index (Phi) is 7.75. The van der Waals surface area contributed by atoms with Crippen molar-refractivity contribution in [1.82, 2.24) is 9.88 Å². The molecule has 1 aliphatic heterocycles. The van der Waals surface area contributed by atoms with E-state index in [4.69, 9.17) is 19.2 Å². The Balaban J connectivity index is 1.54. The third-order valence-electron chi connectivity index (χ3n) is 5.34. The fourth-order valence-electron chi connectivity index (χ4n) is 3.62. The number of ether oxygens (including phenoxy) is 3. The number of carbonyl (C=O) groups is 1. The fraction of sp³-hybridized carbons (Fsp3) is 0.391. The van der Waals surface area contributed by atoms with E-state index in [1.807, 2.05) is 41.1 Å². The number of methoxy groups -OCH3 is 2.